The Bertz CT molecular complexity index is 613. The average Bonchev–Trinajstić information content (AvgIpc) is 2.43. The zero-order chi connectivity index (χ0) is 15.4. The van der Waals surface area contributed by atoms with Gasteiger partial charge in [0.25, 0.3) is 0 Å². The number of pyridine rings is 1. The minimum Gasteiger partial charge on any atom is -0.489 e. The number of nitrogens with one attached hydrogen (secondary N) is 1. The molecule has 1 atom stereocenters. The lowest BCUT2D eigenvalue weighted by Gasteiger charge is -2.19. The summed E-state index contributed by atoms with van der Waals surface area (Å²) in [7, 11) is 1.85. The second kappa shape index (κ2) is 6.68. The largest absolute Gasteiger partial charge is 0.489 e. The van der Waals surface area contributed by atoms with Gasteiger partial charge in [-0.3, -0.25) is 4.98 Å². The first-order chi connectivity index (χ1) is 10.0. The molecule has 1 aromatic heterocycles. The van der Waals surface area contributed by atoms with Crippen molar-refractivity contribution >= 4 is 0 Å². The van der Waals surface area contributed by atoms with Crippen molar-refractivity contribution in [1.29, 1.82) is 0 Å². The van der Waals surface area contributed by atoms with Crippen molar-refractivity contribution in [2.75, 3.05) is 7.05 Å². The summed E-state index contributed by atoms with van der Waals surface area (Å²) in [5.74, 6) is 0.519. The van der Waals surface area contributed by atoms with Crippen LogP contribution in [0.4, 0.5) is 4.39 Å². The molecule has 0 fully saturated rings. The summed E-state index contributed by atoms with van der Waals surface area (Å²) in [5.41, 5.74) is 2.45. The van der Waals surface area contributed by atoms with Gasteiger partial charge >= 0.3 is 0 Å². The number of aromatic nitrogens is 1. The van der Waals surface area contributed by atoms with E-state index in [0.29, 0.717) is 5.56 Å². The quantitative estimate of drug-likeness (QED) is 0.912. The molecule has 3 nitrogen and oxygen atoms in total. The van der Waals surface area contributed by atoms with Crippen molar-refractivity contribution in [2.24, 2.45) is 0 Å². The van der Waals surface area contributed by atoms with Crippen LogP contribution < -0.4 is 10.1 Å². The van der Waals surface area contributed by atoms with Crippen LogP contribution in [0.2, 0.25) is 0 Å². The summed E-state index contributed by atoms with van der Waals surface area (Å²) in [4.78, 5) is 4.21. The lowest BCUT2D eigenvalue weighted by atomic mass is 9.99. The minimum absolute atomic E-state index is 0.0897. The van der Waals surface area contributed by atoms with Crippen LogP contribution in [0, 0.1) is 12.7 Å². The second-order valence-electron chi connectivity index (χ2n) is 5.35. The highest BCUT2D eigenvalue weighted by Gasteiger charge is 2.15. The Morgan fingerprint density at radius 1 is 1.14 bits per heavy atom. The van der Waals surface area contributed by atoms with E-state index in [4.69, 9.17) is 4.74 Å². The molecule has 0 aliphatic heterocycles. The average molecular weight is 288 g/mol. The summed E-state index contributed by atoms with van der Waals surface area (Å²) in [5, 5.41) is 3.20. The van der Waals surface area contributed by atoms with E-state index >= 15 is 0 Å². The summed E-state index contributed by atoms with van der Waals surface area (Å²) >= 11 is 0. The first-order valence-electron chi connectivity index (χ1n) is 7.06. The maximum Gasteiger partial charge on any atom is 0.138 e. The van der Waals surface area contributed by atoms with Crippen LogP contribution in [0.1, 0.15) is 36.6 Å². The van der Waals surface area contributed by atoms with Gasteiger partial charge in [0.15, 0.2) is 0 Å². The van der Waals surface area contributed by atoms with E-state index in [-0.39, 0.29) is 18.0 Å². The molecule has 0 spiro atoms. The number of hydrogen-bond acceptors (Lipinski definition) is 3. The van der Waals surface area contributed by atoms with Gasteiger partial charge in [0.1, 0.15) is 11.6 Å². The third kappa shape index (κ3) is 3.79. The smallest absolute Gasteiger partial charge is 0.138 e. The lowest BCUT2D eigenvalue weighted by Crippen LogP contribution is -2.18. The van der Waals surface area contributed by atoms with Crippen LogP contribution in [0.5, 0.6) is 5.75 Å². The molecule has 0 aliphatic rings. The predicted octanol–water partition coefficient (Wildman–Crippen LogP) is 3.63. The number of aryl methyl sites for hydroxylation is 1. The highest BCUT2D eigenvalue weighted by Crippen LogP contribution is 2.25. The molecule has 1 heterocycles. The Kier molecular flexibility index (Phi) is 4.91. The van der Waals surface area contributed by atoms with Gasteiger partial charge in [-0.2, -0.15) is 0 Å². The Balaban J connectivity index is 2.34. The molecule has 0 aliphatic carbocycles. The maximum absolute atomic E-state index is 13.8. The zero-order valence-corrected chi connectivity index (χ0v) is 12.9. The number of ether oxygens (including phenoxy) is 1. The maximum atomic E-state index is 13.8. The Morgan fingerprint density at radius 3 is 2.52 bits per heavy atom. The molecule has 1 aromatic carbocycles. The number of hydrogen-bond donors (Lipinski definition) is 1. The Morgan fingerprint density at radius 2 is 1.90 bits per heavy atom. The molecular formula is C17H21FN2O. The zero-order valence-electron chi connectivity index (χ0n) is 12.9. The first-order valence-corrected chi connectivity index (χ1v) is 7.06. The SMILES string of the molecule is CNC(c1cncc(OC(C)C)c1)c1ccc(C)c(F)c1. The minimum atomic E-state index is -0.199. The van der Waals surface area contributed by atoms with E-state index in [1.807, 2.05) is 33.0 Å². The van der Waals surface area contributed by atoms with Gasteiger partial charge in [-0.25, -0.2) is 4.39 Å². The lowest BCUT2D eigenvalue weighted by molar-refractivity contribution is 0.241. The van der Waals surface area contributed by atoms with Crippen LogP contribution in [-0.2, 0) is 0 Å². The van der Waals surface area contributed by atoms with E-state index in [1.54, 1.807) is 31.5 Å². The standard InChI is InChI=1S/C17H21FN2O/c1-11(2)21-15-7-14(9-20-10-15)17(19-4)13-6-5-12(3)16(18)8-13/h5-11,17,19H,1-4H3. The Labute approximate surface area is 125 Å². The van der Waals surface area contributed by atoms with E-state index < -0.39 is 0 Å². The number of benzene rings is 1. The molecule has 1 unspecified atom stereocenters. The molecule has 0 bridgehead atoms. The van der Waals surface area contributed by atoms with Crippen LogP contribution >= 0.6 is 0 Å². The van der Waals surface area contributed by atoms with Gasteiger partial charge in [0, 0.05) is 6.20 Å². The van der Waals surface area contributed by atoms with Gasteiger partial charge in [-0.15, -0.1) is 0 Å². The van der Waals surface area contributed by atoms with Crippen molar-refractivity contribution in [3.8, 4) is 5.75 Å². The molecule has 112 valence electrons. The van der Waals surface area contributed by atoms with E-state index in [1.165, 1.54) is 0 Å². The fraction of sp³-hybridized carbons (Fsp3) is 0.353. The highest BCUT2D eigenvalue weighted by atomic mass is 19.1. The third-order valence-corrected chi connectivity index (χ3v) is 3.26. The summed E-state index contributed by atoms with van der Waals surface area (Å²) in [6, 6.07) is 7.09. The van der Waals surface area contributed by atoms with Gasteiger partial charge in [0.2, 0.25) is 0 Å². The van der Waals surface area contributed by atoms with Gasteiger partial charge in [0.05, 0.1) is 18.3 Å². The topological polar surface area (TPSA) is 34.2 Å². The van der Waals surface area contributed by atoms with E-state index in [2.05, 4.69) is 10.3 Å². The van der Waals surface area contributed by atoms with Crippen molar-refractivity contribution < 1.29 is 9.13 Å². The molecular weight excluding hydrogens is 267 g/mol. The molecule has 0 saturated heterocycles. The van der Waals surface area contributed by atoms with Crippen LogP contribution in [0.25, 0.3) is 0 Å². The van der Waals surface area contributed by atoms with Gasteiger partial charge < -0.3 is 10.1 Å². The van der Waals surface area contributed by atoms with Gasteiger partial charge in [-0.05, 0) is 56.6 Å². The van der Waals surface area contributed by atoms with Crippen LogP contribution in [0.3, 0.4) is 0 Å². The number of nitrogens with zero attached hydrogens (tertiary/aromatic N) is 1. The summed E-state index contributed by atoms with van der Waals surface area (Å²) < 4.78 is 19.4. The van der Waals surface area contributed by atoms with Crippen LogP contribution in [0.15, 0.2) is 36.7 Å². The summed E-state index contributed by atoms with van der Waals surface area (Å²) in [6.45, 7) is 5.70. The van der Waals surface area contributed by atoms with Crippen LogP contribution in [-0.4, -0.2) is 18.1 Å². The molecule has 4 heteroatoms. The third-order valence-electron chi connectivity index (χ3n) is 3.26. The summed E-state index contributed by atoms with van der Waals surface area (Å²) in [6.07, 6.45) is 3.55. The van der Waals surface area contributed by atoms with Crippen molar-refractivity contribution in [3.05, 3.63) is 59.2 Å². The van der Waals surface area contributed by atoms with Crippen molar-refractivity contribution in [3.63, 3.8) is 0 Å². The monoisotopic (exact) mass is 288 g/mol. The normalized spacial score (nSPS) is 12.5. The molecule has 0 amide bonds. The fourth-order valence-electron chi connectivity index (χ4n) is 2.24. The van der Waals surface area contributed by atoms with Crippen molar-refractivity contribution in [1.82, 2.24) is 10.3 Å². The molecule has 2 rings (SSSR count). The first kappa shape index (κ1) is 15.4. The van der Waals surface area contributed by atoms with Gasteiger partial charge in [-0.1, -0.05) is 12.1 Å². The highest BCUT2D eigenvalue weighted by molar-refractivity contribution is 5.35. The number of halogens is 1. The molecule has 2 aromatic rings. The molecule has 0 saturated carbocycles. The predicted molar refractivity (Wildman–Crippen MR) is 82.0 cm³/mol. The second-order valence-corrected chi connectivity index (χ2v) is 5.35. The molecule has 0 radical (unpaired) electrons. The fourth-order valence-corrected chi connectivity index (χ4v) is 2.24. The van der Waals surface area contributed by atoms with E-state index in [0.717, 1.165) is 16.9 Å². The molecule has 1 N–H and O–H groups in total. The number of rotatable bonds is 5. The van der Waals surface area contributed by atoms with E-state index in [9.17, 15) is 4.39 Å². The Hall–Kier alpha value is -1.94. The molecule has 21 heavy (non-hydrogen) atoms. The van der Waals surface area contributed by atoms with Crippen molar-refractivity contribution in [2.45, 2.75) is 32.9 Å².